The van der Waals surface area contributed by atoms with Crippen molar-refractivity contribution in [3.05, 3.63) is 70.2 Å². The molecule has 2 aromatic rings. The second kappa shape index (κ2) is 8.62. The number of benzene rings is 2. The first kappa shape index (κ1) is 18.9. The predicted molar refractivity (Wildman–Crippen MR) is 99.3 cm³/mol. The topological polar surface area (TPSA) is 58.2 Å². The summed E-state index contributed by atoms with van der Waals surface area (Å²) in [5.74, 6) is -0.00994. The maximum atomic E-state index is 12.1. The largest absolute Gasteiger partial charge is 0.309 e. The summed E-state index contributed by atoms with van der Waals surface area (Å²) < 4.78 is 26.9. The average molecular weight is 367 g/mol. The second-order valence-corrected chi connectivity index (χ2v) is 8.22. The van der Waals surface area contributed by atoms with E-state index in [-0.39, 0.29) is 11.8 Å². The number of hydrogen-bond donors (Lipinski definition) is 2. The maximum absolute atomic E-state index is 12.1. The van der Waals surface area contributed by atoms with Gasteiger partial charge in [0.1, 0.15) is 0 Å². The van der Waals surface area contributed by atoms with Crippen LogP contribution in [0.4, 0.5) is 0 Å². The van der Waals surface area contributed by atoms with Crippen LogP contribution >= 0.6 is 11.6 Å². The standard InChI is InChI=1S/C18H23ClN2O2S/c1-14(2)21-24(22,23)13-17-6-4-3-5-16(17)12-20-11-15-7-9-18(19)10-8-15/h3-10,14,20-21H,11-13H2,1-2H3. The van der Waals surface area contributed by atoms with E-state index >= 15 is 0 Å². The minimum Gasteiger partial charge on any atom is -0.309 e. The molecular formula is C18H23ClN2O2S. The van der Waals surface area contributed by atoms with E-state index in [0.29, 0.717) is 18.1 Å². The Morgan fingerprint density at radius 3 is 2.21 bits per heavy atom. The zero-order valence-electron chi connectivity index (χ0n) is 13.9. The van der Waals surface area contributed by atoms with Gasteiger partial charge in [0.25, 0.3) is 0 Å². The molecule has 0 amide bonds. The maximum Gasteiger partial charge on any atom is 0.216 e. The van der Waals surface area contributed by atoms with E-state index in [9.17, 15) is 8.42 Å². The van der Waals surface area contributed by atoms with Gasteiger partial charge in [0.15, 0.2) is 0 Å². The van der Waals surface area contributed by atoms with Gasteiger partial charge in [-0.1, -0.05) is 48.0 Å². The molecule has 0 radical (unpaired) electrons. The second-order valence-electron chi connectivity index (χ2n) is 6.03. The molecule has 0 saturated heterocycles. The van der Waals surface area contributed by atoms with Crippen LogP contribution in [0.1, 0.15) is 30.5 Å². The first-order valence-electron chi connectivity index (χ1n) is 7.87. The molecule has 0 heterocycles. The zero-order chi connectivity index (χ0) is 17.6. The molecule has 2 rings (SSSR count). The van der Waals surface area contributed by atoms with E-state index < -0.39 is 10.0 Å². The lowest BCUT2D eigenvalue weighted by Crippen LogP contribution is -2.31. The van der Waals surface area contributed by atoms with Crippen molar-refractivity contribution >= 4 is 21.6 Å². The van der Waals surface area contributed by atoms with Gasteiger partial charge in [-0.15, -0.1) is 0 Å². The van der Waals surface area contributed by atoms with Crippen LogP contribution < -0.4 is 10.0 Å². The monoisotopic (exact) mass is 366 g/mol. The molecule has 24 heavy (non-hydrogen) atoms. The highest BCUT2D eigenvalue weighted by atomic mass is 35.5. The van der Waals surface area contributed by atoms with Crippen LogP contribution in [0.3, 0.4) is 0 Å². The third kappa shape index (κ3) is 6.24. The molecule has 0 fully saturated rings. The molecule has 2 aromatic carbocycles. The first-order valence-corrected chi connectivity index (χ1v) is 9.91. The molecule has 2 N–H and O–H groups in total. The number of rotatable bonds is 8. The Labute approximate surface area is 149 Å². The molecule has 0 aliphatic rings. The molecule has 130 valence electrons. The Kier molecular flexibility index (Phi) is 6.80. The molecule has 0 saturated carbocycles. The van der Waals surface area contributed by atoms with Crippen LogP contribution in [-0.4, -0.2) is 14.5 Å². The van der Waals surface area contributed by atoms with E-state index in [1.54, 1.807) is 0 Å². The van der Waals surface area contributed by atoms with Gasteiger partial charge in [-0.05, 0) is 42.7 Å². The van der Waals surface area contributed by atoms with Crippen molar-refractivity contribution in [2.24, 2.45) is 0 Å². The first-order chi connectivity index (χ1) is 11.4. The molecule has 0 aliphatic carbocycles. The van der Waals surface area contributed by atoms with Crippen LogP contribution in [0.25, 0.3) is 0 Å². The van der Waals surface area contributed by atoms with E-state index in [4.69, 9.17) is 11.6 Å². The molecule has 0 aromatic heterocycles. The lowest BCUT2D eigenvalue weighted by atomic mass is 10.1. The fraction of sp³-hybridized carbons (Fsp3) is 0.333. The van der Waals surface area contributed by atoms with Gasteiger partial charge in [0.05, 0.1) is 5.75 Å². The molecule has 4 nitrogen and oxygen atoms in total. The van der Waals surface area contributed by atoms with Gasteiger partial charge >= 0.3 is 0 Å². The summed E-state index contributed by atoms with van der Waals surface area (Å²) in [4.78, 5) is 0. The van der Waals surface area contributed by atoms with Crippen molar-refractivity contribution in [3.63, 3.8) is 0 Å². The summed E-state index contributed by atoms with van der Waals surface area (Å²) in [7, 11) is -3.33. The Morgan fingerprint density at radius 2 is 1.58 bits per heavy atom. The van der Waals surface area contributed by atoms with Crippen LogP contribution in [0, 0.1) is 0 Å². The minimum atomic E-state index is -3.33. The highest BCUT2D eigenvalue weighted by molar-refractivity contribution is 7.88. The summed E-state index contributed by atoms with van der Waals surface area (Å²) >= 11 is 5.88. The van der Waals surface area contributed by atoms with Crippen LogP contribution in [0.15, 0.2) is 48.5 Å². The Bertz CT molecular complexity index is 759. The Balaban J connectivity index is 1.99. The van der Waals surface area contributed by atoms with Crippen molar-refractivity contribution in [2.45, 2.75) is 38.7 Å². The van der Waals surface area contributed by atoms with E-state index in [1.165, 1.54) is 0 Å². The highest BCUT2D eigenvalue weighted by Gasteiger charge is 2.15. The third-order valence-corrected chi connectivity index (χ3v) is 5.21. The molecule has 0 spiro atoms. The number of halogens is 1. The van der Waals surface area contributed by atoms with Crippen molar-refractivity contribution in [2.75, 3.05) is 0 Å². The van der Waals surface area contributed by atoms with E-state index in [1.807, 2.05) is 62.4 Å². The summed E-state index contributed by atoms with van der Waals surface area (Å²) in [5, 5.41) is 4.06. The lowest BCUT2D eigenvalue weighted by Gasteiger charge is -2.13. The van der Waals surface area contributed by atoms with Crippen molar-refractivity contribution in [1.82, 2.24) is 10.0 Å². The van der Waals surface area contributed by atoms with Crippen molar-refractivity contribution < 1.29 is 8.42 Å². The fourth-order valence-electron chi connectivity index (χ4n) is 2.42. The summed E-state index contributed by atoms with van der Waals surface area (Å²) in [6.45, 7) is 4.94. The predicted octanol–water partition coefficient (Wildman–Crippen LogP) is 3.46. The summed E-state index contributed by atoms with van der Waals surface area (Å²) in [6, 6.07) is 15.1. The minimum absolute atomic E-state index is 0.00994. The zero-order valence-corrected chi connectivity index (χ0v) is 15.5. The normalized spacial score (nSPS) is 11.8. The molecule has 0 unspecified atom stereocenters. The number of nitrogens with one attached hydrogen (secondary N) is 2. The van der Waals surface area contributed by atoms with E-state index in [2.05, 4.69) is 10.0 Å². The van der Waals surface area contributed by atoms with Gasteiger partial charge in [-0.3, -0.25) is 0 Å². The highest BCUT2D eigenvalue weighted by Crippen LogP contribution is 2.13. The smallest absolute Gasteiger partial charge is 0.216 e. The molecule has 0 atom stereocenters. The lowest BCUT2D eigenvalue weighted by molar-refractivity contribution is 0.568. The van der Waals surface area contributed by atoms with E-state index in [0.717, 1.165) is 16.7 Å². The SMILES string of the molecule is CC(C)NS(=O)(=O)Cc1ccccc1CNCc1ccc(Cl)cc1. The Hall–Kier alpha value is -1.40. The van der Waals surface area contributed by atoms with Crippen molar-refractivity contribution in [1.29, 1.82) is 0 Å². The van der Waals surface area contributed by atoms with Crippen molar-refractivity contribution in [3.8, 4) is 0 Å². The van der Waals surface area contributed by atoms with Crippen LogP contribution in [-0.2, 0) is 28.9 Å². The summed E-state index contributed by atoms with van der Waals surface area (Å²) in [6.07, 6.45) is 0. The van der Waals surface area contributed by atoms with Crippen LogP contribution in [0.5, 0.6) is 0 Å². The number of hydrogen-bond acceptors (Lipinski definition) is 3. The fourth-order valence-corrected chi connectivity index (χ4v) is 4.04. The average Bonchev–Trinajstić information content (AvgIpc) is 2.49. The third-order valence-electron chi connectivity index (χ3n) is 3.44. The number of sulfonamides is 1. The molecule has 6 heteroatoms. The molecule has 0 aliphatic heterocycles. The van der Waals surface area contributed by atoms with Gasteiger partial charge in [-0.2, -0.15) is 0 Å². The quantitative estimate of drug-likeness (QED) is 0.752. The van der Waals surface area contributed by atoms with Gasteiger partial charge in [0, 0.05) is 24.2 Å². The molecular weight excluding hydrogens is 344 g/mol. The summed E-state index contributed by atoms with van der Waals surface area (Å²) in [5.41, 5.74) is 2.93. The van der Waals surface area contributed by atoms with Gasteiger partial charge < -0.3 is 5.32 Å². The van der Waals surface area contributed by atoms with Crippen LogP contribution in [0.2, 0.25) is 5.02 Å². The Morgan fingerprint density at radius 1 is 0.958 bits per heavy atom. The van der Waals surface area contributed by atoms with Gasteiger partial charge in [-0.25, -0.2) is 13.1 Å². The molecule has 0 bridgehead atoms. The van der Waals surface area contributed by atoms with Gasteiger partial charge in [0.2, 0.25) is 10.0 Å².